The van der Waals surface area contributed by atoms with E-state index in [-0.39, 0.29) is 17.6 Å². The van der Waals surface area contributed by atoms with Gasteiger partial charge in [0.15, 0.2) is 0 Å². The van der Waals surface area contributed by atoms with Gasteiger partial charge in [-0.05, 0) is 148 Å². The Kier molecular flexibility index (Phi) is 7.70. The quantitative estimate of drug-likeness (QED) is 0.167. The molecule has 5 heteroatoms. The van der Waals surface area contributed by atoms with Crippen LogP contribution in [0.25, 0.3) is 43.5 Å². The average Bonchev–Trinajstić information content (AvgIpc) is 3.51. The lowest BCUT2D eigenvalue weighted by Gasteiger charge is -2.29. The Labute approximate surface area is 300 Å². The van der Waals surface area contributed by atoms with Crippen molar-refractivity contribution in [3.63, 3.8) is 0 Å². The van der Waals surface area contributed by atoms with Gasteiger partial charge in [-0.2, -0.15) is 0 Å². The van der Waals surface area contributed by atoms with Gasteiger partial charge in [-0.25, -0.2) is 8.78 Å². The summed E-state index contributed by atoms with van der Waals surface area (Å²) in [6.07, 6.45) is 0. The van der Waals surface area contributed by atoms with E-state index < -0.39 is 0 Å². The maximum atomic E-state index is 14.1. The molecule has 0 atom stereocenters. The van der Waals surface area contributed by atoms with E-state index in [4.69, 9.17) is 4.42 Å². The fourth-order valence-corrected chi connectivity index (χ4v) is 7.49. The molecule has 0 amide bonds. The fraction of sp³-hybridized carbons (Fsp3) is 0.0638. The number of halogens is 2. The van der Waals surface area contributed by atoms with Gasteiger partial charge in [0, 0.05) is 39.2 Å². The number of fused-ring (bicyclic) bond motifs is 5. The van der Waals surface area contributed by atoms with E-state index in [2.05, 4.69) is 103 Å². The van der Waals surface area contributed by atoms with Crippen molar-refractivity contribution in [3.8, 4) is 0 Å². The van der Waals surface area contributed by atoms with Crippen molar-refractivity contribution in [3.05, 3.63) is 181 Å². The zero-order chi connectivity index (χ0) is 35.3. The van der Waals surface area contributed by atoms with Crippen LogP contribution in [0.15, 0.2) is 168 Å². The van der Waals surface area contributed by atoms with Crippen LogP contribution in [0.5, 0.6) is 0 Å². The SMILES string of the molecule is CC(C)c1c(N(c2ccccc2)c2ccc(F)cc2)ccc2cc3c(cc12)oc1cc2cc(N(c4ccccc4)c4ccc(F)cc4)ccc2cc13. The van der Waals surface area contributed by atoms with Gasteiger partial charge in [-0.3, -0.25) is 0 Å². The molecule has 0 aliphatic rings. The van der Waals surface area contributed by atoms with E-state index in [9.17, 15) is 8.78 Å². The van der Waals surface area contributed by atoms with Crippen molar-refractivity contribution in [2.24, 2.45) is 0 Å². The number of hydrogen-bond acceptors (Lipinski definition) is 3. The van der Waals surface area contributed by atoms with Crippen LogP contribution in [0.2, 0.25) is 0 Å². The molecule has 3 nitrogen and oxygen atoms in total. The van der Waals surface area contributed by atoms with E-state index >= 15 is 0 Å². The molecule has 0 aliphatic carbocycles. The lowest BCUT2D eigenvalue weighted by molar-refractivity contribution is 0.627. The van der Waals surface area contributed by atoms with Crippen LogP contribution in [0, 0.1) is 11.6 Å². The minimum atomic E-state index is -0.270. The lowest BCUT2D eigenvalue weighted by Crippen LogP contribution is -2.13. The van der Waals surface area contributed by atoms with Crippen molar-refractivity contribution >= 4 is 77.6 Å². The summed E-state index contributed by atoms with van der Waals surface area (Å²) >= 11 is 0. The Morgan fingerprint density at radius 1 is 0.423 bits per heavy atom. The highest BCUT2D eigenvalue weighted by atomic mass is 19.1. The highest BCUT2D eigenvalue weighted by Gasteiger charge is 2.22. The summed E-state index contributed by atoms with van der Waals surface area (Å²) in [4.78, 5) is 4.33. The number of benzene rings is 8. The predicted molar refractivity (Wildman–Crippen MR) is 212 cm³/mol. The number of rotatable bonds is 7. The van der Waals surface area contributed by atoms with Gasteiger partial charge < -0.3 is 14.2 Å². The molecular formula is C47H34F2N2O. The number of nitrogens with zero attached hydrogens (tertiary/aromatic N) is 2. The molecule has 0 bridgehead atoms. The van der Waals surface area contributed by atoms with Crippen LogP contribution in [0.3, 0.4) is 0 Å². The van der Waals surface area contributed by atoms with Crippen LogP contribution in [-0.4, -0.2) is 0 Å². The molecule has 252 valence electrons. The van der Waals surface area contributed by atoms with Gasteiger partial charge in [0.1, 0.15) is 22.8 Å². The summed E-state index contributed by atoms with van der Waals surface area (Å²) in [6.45, 7) is 4.42. The number of hydrogen-bond donors (Lipinski definition) is 0. The third-order valence-corrected chi connectivity index (χ3v) is 9.85. The smallest absolute Gasteiger partial charge is 0.136 e. The molecule has 1 aromatic heterocycles. The van der Waals surface area contributed by atoms with Gasteiger partial charge in [-0.15, -0.1) is 0 Å². The fourth-order valence-electron chi connectivity index (χ4n) is 7.49. The Morgan fingerprint density at radius 2 is 0.923 bits per heavy atom. The molecular weight excluding hydrogens is 647 g/mol. The van der Waals surface area contributed by atoms with Crippen LogP contribution in [0.1, 0.15) is 25.3 Å². The van der Waals surface area contributed by atoms with E-state index in [0.29, 0.717) is 0 Å². The highest BCUT2D eigenvalue weighted by Crippen LogP contribution is 2.45. The standard InChI is InChI=1S/C47H34F2N2O/c1-30(2)47-41-29-46-43(27-32(41)14-24-44(47)51(37-11-7-4-8-12-37)39-22-17-35(49)18-23-39)42-26-31-13-19-40(25-33(31)28-45(42)52-46)50(36-9-5-3-6-10-36)38-20-15-34(48)16-21-38/h3-30H,1-2H3. The molecule has 9 rings (SSSR count). The second kappa shape index (κ2) is 12.7. The minimum absolute atomic E-state index is 0.182. The van der Waals surface area contributed by atoms with E-state index in [1.807, 2.05) is 48.5 Å². The normalized spacial score (nSPS) is 11.6. The van der Waals surface area contributed by atoms with Gasteiger partial charge in [-0.1, -0.05) is 62.4 Å². The molecule has 0 spiro atoms. The molecule has 0 unspecified atom stereocenters. The summed E-state index contributed by atoms with van der Waals surface area (Å²) in [5.74, 6) is -0.355. The lowest BCUT2D eigenvalue weighted by atomic mass is 9.92. The summed E-state index contributed by atoms with van der Waals surface area (Å²) in [5.41, 5.74) is 8.55. The Balaban J connectivity index is 1.20. The Morgan fingerprint density at radius 3 is 1.54 bits per heavy atom. The van der Waals surface area contributed by atoms with Crippen LogP contribution < -0.4 is 9.80 Å². The minimum Gasteiger partial charge on any atom is -0.456 e. The van der Waals surface area contributed by atoms with E-state index in [1.165, 1.54) is 29.8 Å². The summed E-state index contributed by atoms with van der Waals surface area (Å²) in [5, 5.41) is 6.51. The third-order valence-electron chi connectivity index (χ3n) is 9.85. The van der Waals surface area contributed by atoms with Crippen molar-refractivity contribution in [2.45, 2.75) is 19.8 Å². The molecule has 1 heterocycles. The number of anilines is 6. The second-order valence-corrected chi connectivity index (χ2v) is 13.5. The topological polar surface area (TPSA) is 19.6 Å². The molecule has 8 aromatic carbocycles. The maximum absolute atomic E-state index is 14.1. The monoisotopic (exact) mass is 680 g/mol. The molecule has 0 N–H and O–H groups in total. The third kappa shape index (κ3) is 5.51. The van der Waals surface area contributed by atoms with Gasteiger partial charge >= 0.3 is 0 Å². The summed E-state index contributed by atoms with van der Waals surface area (Å²) in [7, 11) is 0. The predicted octanol–water partition coefficient (Wildman–Crippen LogP) is 14.2. The van der Waals surface area contributed by atoms with Crippen molar-refractivity contribution in [1.82, 2.24) is 0 Å². The van der Waals surface area contributed by atoms with Crippen LogP contribution in [0.4, 0.5) is 42.9 Å². The molecule has 52 heavy (non-hydrogen) atoms. The van der Waals surface area contributed by atoms with Crippen molar-refractivity contribution in [2.75, 3.05) is 9.80 Å². The number of furan rings is 1. The van der Waals surface area contributed by atoms with E-state index in [1.54, 1.807) is 12.1 Å². The van der Waals surface area contributed by atoms with Crippen LogP contribution in [-0.2, 0) is 0 Å². The van der Waals surface area contributed by atoms with E-state index in [0.717, 1.165) is 77.6 Å². The highest BCUT2D eigenvalue weighted by molar-refractivity contribution is 6.14. The molecule has 0 saturated heterocycles. The first-order chi connectivity index (χ1) is 25.4. The van der Waals surface area contributed by atoms with Gasteiger partial charge in [0.05, 0.1) is 5.69 Å². The molecule has 9 aromatic rings. The maximum Gasteiger partial charge on any atom is 0.136 e. The first-order valence-electron chi connectivity index (χ1n) is 17.5. The summed E-state index contributed by atoms with van der Waals surface area (Å²) < 4.78 is 34.6. The summed E-state index contributed by atoms with van der Waals surface area (Å²) in [6, 6.07) is 53.1. The Bertz CT molecular complexity index is 2720. The zero-order valence-corrected chi connectivity index (χ0v) is 28.7. The first kappa shape index (κ1) is 31.5. The largest absolute Gasteiger partial charge is 0.456 e. The van der Waals surface area contributed by atoms with Crippen molar-refractivity contribution in [1.29, 1.82) is 0 Å². The molecule has 0 radical (unpaired) electrons. The average molecular weight is 681 g/mol. The van der Waals surface area contributed by atoms with Crippen molar-refractivity contribution < 1.29 is 13.2 Å². The molecule has 0 aliphatic heterocycles. The Hall–Kier alpha value is -6.46. The second-order valence-electron chi connectivity index (χ2n) is 13.5. The zero-order valence-electron chi connectivity index (χ0n) is 28.7. The molecule has 0 fully saturated rings. The van der Waals surface area contributed by atoms with Gasteiger partial charge in [0.2, 0.25) is 0 Å². The molecule has 0 saturated carbocycles. The van der Waals surface area contributed by atoms with Gasteiger partial charge in [0.25, 0.3) is 0 Å². The number of para-hydroxylation sites is 2. The first-order valence-corrected chi connectivity index (χ1v) is 17.5. The van der Waals surface area contributed by atoms with Crippen LogP contribution >= 0.6 is 0 Å².